The average molecular weight is 528 g/mol. The molecule has 0 saturated heterocycles. The van der Waals surface area contributed by atoms with Crippen molar-refractivity contribution in [3.8, 4) is 5.75 Å². The van der Waals surface area contributed by atoms with Crippen LogP contribution >= 0.6 is 0 Å². The van der Waals surface area contributed by atoms with Gasteiger partial charge in [0.25, 0.3) is 0 Å². The molecular weight excluding hydrogens is 478 g/mol. The Morgan fingerprint density at radius 3 is 2.61 bits per heavy atom. The van der Waals surface area contributed by atoms with E-state index in [4.69, 9.17) is 4.74 Å². The Labute approximate surface area is 228 Å². The second-order valence-electron chi connectivity index (χ2n) is 13.6. The number of aliphatic hydroxyl groups is 3. The van der Waals surface area contributed by atoms with Crippen LogP contribution in [0.4, 0.5) is 0 Å². The minimum Gasteiger partial charge on any atom is -0.496 e. The number of hydrogen-bond acceptors (Lipinski definition) is 5. The van der Waals surface area contributed by atoms with Gasteiger partial charge in [-0.25, -0.2) is 0 Å². The summed E-state index contributed by atoms with van der Waals surface area (Å²) in [5.74, 6) is 2.68. The standard InChI is InChI=1S/C32H49NO5/c1-19(9-12-29(37)33-18-20-7-5-6-8-27(20)38-4)23-10-11-24-30-25(17-28(36)32(23,24)3)31(2)14-13-22(34)15-21(31)16-26(30)35/h5-8,19,21-26,28,30,34-36H,9-18H2,1-4H3,(H,33,37)/t19-,21?,22-,23-,24?,25?,26-,28+,30?,31+,32-/m1/s1. The third kappa shape index (κ3) is 4.69. The molecule has 5 rings (SSSR count). The number of ether oxygens (including phenoxy) is 1. The summed E-state index contributed by atoms with van der Waals surface area (Å²) in [6.45, 7) is 7.36. The Morgan fingerprint density at radius 2 is 1.84 bits per heavy atom. The van der Waals surface area contributed by atoms with Crippen LogP contribution in [0.25, 0.3) is 0 Å². The molecule has 0 bridgehead atoms. The fourth-order valence-corrected chi connectivity index (χ4v) is 9.82. The number of nitrogens with one attached hydrogen (secondary N) is 1. The molecule has 0 spiro atoms. The van der Waals surface area contributed by atoms with E-state index < -0.39 is 6.10 Å². The van der Waals surface area contributed by atoms with Crippen LogP contribution in [0.3, 0.4) is 0 Å². The van der Waals surface area contributed by atoms with Crippen LogP contribution in [-0.4, -0.2) is 46.6 Å². The van der Waals surface area contributed by atoms with Gasteiger partial charge in [-0.1, -0.05) is 39.0 Å². The summed E-state index contributed by atoms with van der Waals surface area (Å²) in [5, 5.41) is 36.6. The van der Waals surface area contributed by atoms with E-state index in [-0.39, 0.29) is 34.9 Å². The summed E-state index contributed by atoms with van der Waals surface area (Å²) in [5.41, 5.74) is 0.832. The normalized spacial score (nSPS) is 42.9. The molecule has 11 atom stereocenters. The maximum atomic E-state index is 12.7. The lowest BCUT2D eigenvalue weighted by molar-refractivity contribution is -0.207. The number of hydrogen-bond donors (Lipinski definition) is 4. The van der Waals surface area contributed by atoms with Gasteiger partial charge < -0.3 is 25.4 Å². The highest BCUT2D eigenvalue weighted by molar-refractivity contribution is 5.75. The lowest BCUT2D eigenvalue weighted by atomic mass is 9.43. The maximum Gasteiger partial charge on any atom is 0.220 e. The lowest BCUT2D eigenvalue weighted by Gasteiger charge is -2.63. The first-order valence-electron chi connectivity index (χ1n) is 15.0. The zero-order chi connectivity index (χ0) is 27.2. The van der Waals surface area contributed by atoms with Gasteiger partial charge in [0.1, 0.15) is 5.75 Å². The summed E-state index contributed by atoms with van der Waals surface area (Å²) in [6.07, 6.45) is 6.52. The molecule has 6 heteroatoms. The molecule has 0 aliphatic heterocycles. The number of carbonyl (C=O) groups is 1. The van der Waals surface area contributed by atoms with E-state index in [9.17, 15) is 20.1 Å². The van der Waals surface area contributed by atoms with Crippen molar-refractivity contribution in [1.29, 1.82) is 0 Å². The van der Waals surface area contributed by atoms with Crippen LogP contribution in [-0.2, 0) is 11.3 Å². The van der Waals surface area contributed by atoms with Gasteiger partial charge in [-0.15, -0.1) is 0 Å². The van der Waals surface area contributed by atoms with Crippen molar-refractivity contribution < 1.29 is 24.9 Å². The molecule has 4 aliphatic rings. The van der Waals surface area contributed by atoms with Gasteiger partial charge in [-0.3, -0.25) is 4.79 Å². The van der Waals surface area contributed by atoms with Crippen LogP contribution < -0.4 is 10.1 Å². The molecule has 0 aromatic heterocycles. The number of fused-ring (bicyclic) bond motifs is 5. The summed E-state index contributed by atoms with van der Waals surface area (Å²) in [7, 11) is 1.64. The van der Waals surface area contributed by atoms with Gasteiger partial charge in [0.15, 0.2) is 0 Å². The van der Waals surface area contributed by atoms with Crippen molar-refractivity contribution in [2.24, 2.45) is 46.3 Å². The molecule has 0 heterocycles. The first-order chi connectivity index (χ1) is 18.1. The largest absolute Gasteiger partial charge is 0.496 e. The third-order valence-corrected chi connectivity index (χ3v) is 12.0. The first kappa shape index (κ1) is 27.9. The number of methoxy groups -OCH3 is 1. The van der Waals surface area contributed by atoms with Gasteiger partial charge in [0, 0.05) is 18.5 Å². The molecule has 1 amide bonds. The summed E-state index contributed by atoms with van der Waals surface area (Å²) in [4.78, 5) is 12.7. The number of aliphatic hydroxyl groups excluding tert-OH is 3. The molecule has 4 fully saturated rings. The number of benzene rings is 1. The molecule has 4 unspecified atom stereocenters. The molecule has 6 nitrogen and oxygen atoms in total. The minimum absolute atomic E-state index is 0.0490. The van der Waals surface area contributed by atoms with Crippen molar-refractivity contribution in [3.05, 3.63) is 29.8 Å². The highest BCUT2D eigenvalue weighted by Gasteiger charge is 2.65. The fraction of sp³-hybridized carbons (Fsp3) is 0.781. The quantitative estimate of drug-likeness (QED) is 0.412. The topological polar surface area (TPSA) is 99.0 Å². The summed E-state index contributed by atoms with van der Waals surface area (Å²) in [6, 6.07) is 7.75. The van der Waals surface area contributed by atoms with Crippen molar-refractivity contribution >= 4 is 5.91 Å². The molecule has 1 aromatic carbocycles. The van der Waals surface area contributed by atoms with E-state index in [0.717, 1.165) is 62.7 Å². The minimum atomic E-state index is -0.391. The molecule has 212 valence electrons. The SMILES string of the molecule is COc1ccccc1CNC(=O)CC[C@@H](C)[C@H]1CCC2C3C(C[C@H](O)[C@@]21C)[C@@]1(C)CC[C@@H](O)CC1C[C@H]3O. The van der Waals surface area contributed by atoms with Crippen LogP contribution in [0.2, 0.25) is 0 Å². The highest BCUT2D eigenvalue weighted by atomic mass is 16.5. The van der Waals surface area contributed by atoms with Gasteiger partial charge in [0.2, 0.25) is 5.91 Å². The van der Waals surface area contributed by atoms with Crippen molar-refractivity contribution in [1.82, 2.24) is 5.32 Å². The molecule has 4 aliphatic carbocycles. The summed E-state index contributed by atoms with van der Waals surface area (Å²) < 4.78 is 5.40. The van der Waals surface area contributed by atoms with E-state index in [1.165, 1.54) is 0 Å². The number of carbonyl (C=O) groups excluding carboxylic acids is 1. The third-order valence-electron chi connectivity index (χ3n) is 12.0. The predicted octanol–water partition coefficient (Wildman–Crippen LogP) is 4.69. The van der Waals surface area contributed by atoms with E-state index in [1.54, 1.807) is 7.11 Å². The lowest BCUT2D eigenvalue weighted by Crippen LogP contribution is -2.62. The van der Waals surface area contributed by atoms with E-state index >= 15 is 0 Å². The van der Waals surface area contributed by atoms with Crippen LogP contribution in [0.15, 0.2) is 24.3 Å². The molecule has 4 N–H and O–H groups in total. The Bertz CT molecular complexity index is 1000. The molecule has 38 heavy (non-hydrogen) atoms. The van der Waals surface area contributed by atoms with Crippen LogP contribution in [0.5, 0.6) is 5.75 Å². The smallest absolute Gasteiger partial charge is 0.220 e. The zero-order valence-electron chi connectivity index (χ0n) is 23.7. The number of rotatable bonds is 7. The highest BCUT2D eigenvalue weighted by Crippen LogP contribution is 2.68. The van der Waals surface area contributed by atoms with Crippen molar-refractivity contribution in [2.45, 2.75) is 103 Å². The maximum absolute atomic E-state index is 12.7. The van der Waals surface area contributed by atoms with Crippen LogP contribution in [0, 0.1) is 46.3 Å². The zero-order valence-corrected chi connectivity index (χ0v) is 23.7. The van der Waals surface area contributed by atoms with Gasteiger partial charge in [0.05, 0.1) is 25.4 Å². The Hall–Kier alpha value is -1.63. The molecule has 4 saturated carbocycles. The van der Waals surface area contributed by atoms with Gasteiger partial charge in [-0.2, -0.15) is 0 Å². The Balaban J connectivity index is 1.23. The van der Waals surface area contributed by atoms with Crippen molar-refractivity contribution in [2.75, 3.05) is 7.11 Å². The first-order valence-corrected chi connectivity index (χ1v) is 15.0. The van der Waals surface area contributed by atoms with E-state index in [1.807, 2.05) is 24.3 Å². The fourth-order valence-electron chi connectivity index (χ4n) is 9.82. The van der Waals surface area contributed by atoms with Crippen molar-refractivity contribution in [3.63, 3.8) is 0 Å². The second-order valence-corrected chi connectivity index (χ2v) is 13.6. The molecule has 1 aromatic rings. The number of para-hydroxylation sites is 1. The molecule has 0 radical (unpaired) electrons. The van der Waals surface area contributed by atoms with Gasteiger partial charge >= 0.3 is 0 Å². The number of amides is 1. The molecular formula is C32H49NO5. The van der Waals surface area contributed by atoms with E-state index in [0.29, 0.717) is 42.6 Å². The Morgan fingerprint density at radius 1 is 1.08 bits per heavy atom. The van der Waals surface area contributed by atoms with Crippen LogP contribution in [0.1, 0.15) is 84.1 Å². The average Bonchev–Trinajstić information content (AvgIpc) is 3.26. The van der Waals surface area contributed by atoms with E-state index in [2.05, 4.69) is 26.1 Å². The van der Waals surface area contributed by atoms with Gasteiger partial charge in [-0.05, 0) is 104 Å². The predicted molar refractivity (Wildman–Crippen MR) is 147 cm³/mol. The summed E-state index contributed by atoms with van der Waals surface area (Å²) >= 11 is 0. The Kier molecular flexibility index (Phi) is 7.89. The monoisotopic (exact) mass is 527 g/mol. The second kappa shape index (κ2) is 10.7.